The van der Waals surface area contributed by atoms with Crippen LogP contribution < -0.4 is 5.32 Å². The van der Waals surface area contributed by atoms with Gasteiger partial charge in [-0.2, -0.15) is 12.6 Å². The molecule has 2 atom stereocenters. The quantitative estimate of drug-likeness (QED) is 0.657. The third-order valence-corrected chi connectivity index (χ3v) is 2.93. The Morgan fingerprint density at radius 2 is 2.15 bits per heavy atom. The molecule has 1 aliphatic rings. The highest BCUT2D eigenvalue weighted by Crippen LogP contribution is 2.16. The number of carbonyl (C=O) groups excluding carboxylic acids is 2. The second kappa shape index (κ2) is 6.34. The fraction of sp³-hybridized carbons (Fsp3) is 0.750. The number of ether oxygens (including phenoxy) is 1. The van der Waals surface area contributed by atoms with E-state index in [1.165, 1.54) is 4.90 Å². The molecule has 0 aromatic rings. The lowest BCUT2D eigenvalue weighted by molar-refractivity contribution is -0.140. The summed E-state index contributed by atoms with van der Waals surface area (Å²) in [5.74, 6) is -1.38. The average Bonchev–Trinajstić information content (AvgIpc) is 2.53. The molecule has 0 bridgehead atoms. The first-order valence-electron chi connectivity index (χ1n) is 6.26. The van der Waals surface area contributed by atoms with E-state index in [1.807, 2.05) is 0 Å². The van der Waals surface area contributed by atoms with E-state index in [9.17, 15) is 14.4 Å². The Hall–Kier alpha value is -1.44. The number of thiol groups is 1. The van der Waals surface area contributed by atoms with Crippen molar-refractivity contribution in [3.8, 4) is 0 Å². The van der Waals surface area contributed by atoms with E-state index < -0.39 is 23.7 Å². The molecule has 2 amide bonds. The van der Waals surface area contributed by atoms with E-state index in [0.717, 1.165) is 0 Å². The van der Waals surface area contributed by atoms with Crippen molar-refractivity contribution < 1.29 is 24.2 Å². The monoisotopic (exact) mass is 304 g/mol. The van der Waals surface area contributed by atoms with Crippen LogP contribution in [-0.4, -0.2) is 58.0 Å². The van der Waals surface area contributed by atoms with Crippen LogP contribution in [0.3, 0.4) is 0 Å². The van der Waals surface area contributed by atoms with Crippen LogP contribution in [0.15, 0.2) is 0 Å². The van der Waals surface area contributed by atoms with Crippen LogP contribution in [0.2, 0.25) is 0 Å². The molecule has 1 saturated heterocycles. The largest absolute Gasteiger partial charge is 0.480 e. The standard InChI is InChI=1S/C12H20N2O5S/c1-12(2,3)19-11(18)13-8(10(16)17)6-14-5-7(20)4-9(14)15/h7-8,20H,4-6H2,1-3H3,(H,13,18)(H,16,17). The first kappa shape index (κ1) is 16.6. The minimum Gasteiger partial charge on any atom is -0.480 e. The van der Waals surface area contributed by atoms with E-state index in [-0.39, 0.29) is 24.1 Å². The molecule has 8 heteroatoms. The van der Waals surface area contributed by atoms with Gasteiger partial charge in [-0.15, -0.1) is 0 Å². The number of nitrogens with zero attached hydrogens (tertiary/aromatic N) is 1. The molecule has 0 spiro atoms. The number of rotatable bonds is 4. The molecular weight excluding hydrogens is 284 g/mol. The van der Waals surface area contributed by atoms with Crippen molar-refractivity contribution in [2.45, 2.75) is 44.1 Å². The van der Waals surface area contributed by atoms with Gasteiger partial charge in [0.1, 0.15) is 11.6 Å². The third-order valence-electron chi connectivity index (χ3n) is 2.59. The number of hydrogen-bond acceptors (Lipinski definition) is 5. The molecule has 0 aromatic carbocycles. The Labute approximate surface area is 123 Å². The molecule has 1 aliphatic heterocycles. The molecule has 1 heterocycles. The number of aliphatic carboxylic acids is 1. The maximum absolute atomic E-state index is 11.6. The van der Waals surface area contributed by atoms with Gasteiger partial charge in [0, 0.05) is 18.2 Å². The summed E-state index contributed by atoms with van der Waals surface area (Å²) in [5.41, 5.74) is -0.715. The third kappa shape index (κ3) is 5.28. The minimum absolute atomic E-state index is 0.0928. The Morgan fingerprint density at radius 3 is 2.55 bits per heavy atom. The Balaban J connectivity index is 2.59. The van der Waals surface area contributed by atoms with Crippen molar-refractivity contribution in [3.05, 3.63) is 0 Å². The number of amides is 2. The zero-order valence-electron chi connectivity index (χ0n) is 11.8. The van der Waals surface area contributed by atoms with E-state index in [4.69, 9.17) is 9.84 Å². The van der Waals surface area contributed by atoms with Gasteiger partial charge in [0.25, 0.3) is 0 Å². The van der Waals surface area contributed by atoms with Crippen molar-refractivity contribution in [1.29, 1.82) is 0 Å². The zero-order valence-corrected chi connectivity index (χ0v) is 12.6. The number of alkyl carbamates (subject to hydrolysis) is 1. The second-order valence-electron chi connectivity index (χ2n) is 5.69. The van der Waals surface area contributed by atoms with Crippen LogP contribution in [0.4, 0.5) is 4.79 Å². The minimum atomic E-state index is -1.22. The molecule has 20 heavy (non-hydrogen) atoms. The van der Waals surface area contributed by atoms with Crippen LogP contribution in [-0.2, 0) is 14.3 Å². The predicted octanol–water partition coefficient (Wildman–Crippen LogP) is 0.495. The smallest absolute Gasteiger partial charge is 0.408 e. The van der Waals surface area contributed by atoms with Crippen LogP contribution in [0.1, 0.15) is 27.2 Å². The van der Waals surface area contributed by atoms with Crippen LogP contribution >= 0.6 is 12.6 Å². The highest BCUT2D eigenvalue weighted by molar-refractivity contribution is 7.81. The second-order valence-corrected chi connectivity index (χ2v) is 6.42. The summed E-state index contributed by atoms with van der Waals surface area (Å²) in [6, 6.07) is -1.20. The molecule has 0 radical (unpaired) electrons. The maximum atomic E-state index is 11.6. The Bertz CT molecular complexity index is 407. The Morgan fingerprint density at radius 1 is 1.55 bits per heavy atom. The summed E-state index contributed by atoms with van der Waals surface area (Å²) in [7, 11) is 0. The lowest BCUT2D eigenvalue weighted by atomic mass is 10.2. The van der Waals surface area contributed by atoms with Crippen molar-refractivity contribution in [3.63, 3.8) is 0 Å². The van der Waals surface area contributed by atoms with Gasteiger partial charge < -0.3 is 20.1 Å². The van der Waals surface area contributed by atoms with Crippen molar-refractivity contribution >= 4 is 30.6 Å². The summed E-state index contributed by atoms with van der Waals surface area (Å²) in [6.07, 6.45) is -0.541. The molecule has 114 valence electrons. The van der Waals surface area contributed by atoms with E-state index in [2.05, 4.69) is 17.9 Å². The lowest BCUT2D eigenvalue weighted by Gasteiger charge is -2.24. The number of carboxylic acid groups (broad SMARTS) is 1. The molecule has 2 N–H and O–H groups in total. The summed E-state index contributed by atoms with van der Waals surface area (Å²) in [5, 5.41) is 11.3. The SMILES string of the molecule is CC(C)(C)OC(=O)NC(CN1CC(S)CC1=O)C(=O)O. The molecule has 7 nitrogen and oxygen atoms in total. The van der Waals surface area contributed by atoms with Crippen molar-refractivity contribution in [1.82, 2.24) is 10.2 Å². The molecule has 2 unspecified atom stereocenters. The summed E-state index contributed by atoms with van der Waals surface area (Å²) < 4.78 is 5.00. The summed E-state index contributed by atoms with van der Waals surface area (Å²) in [4.78, 5) is 35.7. The number of likely N-dealkylation sites (tertiary alicyclic amines) is 1. The molecule has 0 saturated carbocycles. The van der Waals surface area contributed by atoms with Gasteiger partial charge in [-0.25, -0.2) is 9.59 Å². The van der Waals surface area contributed by atoms with Gasteiger partial charge in [0.15, 0.2) is 0 Å². The van der Waals surface area contributed by atoms with Gasteiger partial charge in [0.05, 0.1) is 6.54 Å². The molecule has 1 fully saturated rings. The van der Waals surface area contributed by atoms with E-state index in [0.29, 0.717) is 6.54 Å². The van der Waals surface area contributed by atoms with Gasteiger partial charge >= 0.3 is 12.1 Å². The zero-order chi connectivity index (χ0) is 15.5. The van der Waals surface area contributed by atoms with Gasteiger partial charge in [0.2, 0.25) is 5.91 Å². The van der Waals surface area contributed by atoms with Crippen molar-refractivity contribution in [2.75, 3.05) is 13.1 Å². The average molecular weight is 304 g/mol. The Kier molecular flexibility index (Phi) is 5.27. The fourth-order valence-electron chi connectivity index (χ4n) is 1.78. The molecule has 0 aromatic heterocycles. The summed E-state index contributed by atoms with van der Waals surface area (Å²) >= 11 is 4.19. The molecule has 0 aliphatic carbocycles. The van der Waals surface area contributed by atoms with E-state index in [1.54, 1.807) is 20.8 Å². The first-order chi connectivity index (χ1) is 9.08. The fourth-order valence-corrected chi connectivity index (χ4v) is 2.14. The van der Waals surface area contributed by atoms with Crippen LogP contribution in [0, 0.1) is 0 Å². The number of carbonyl (C=O) groups is 3. The van der Waals surface area contributed by atoms with Crippen LogP contribution in [0.5, 0.6) is 0 Å². The summed E-state index contributed by atoms with van der Waals surface area (Å²) in [6.45, 7) is 5.32. The topological polar surface area (TPSA) is 95.9 Å². The van der Waals surface area contributed by atoms with E-state index >= 15 is 0 Å². The number of hydrogen-bond donors (Lipinski definition) is 3. The normalized spacial score (nSPS) is 20.7. The molecule has 1 rings (SSSR count). The lowest BCUT2D eigenvalue weighted by Crippen LogP contribution is -2.50. The number of nitrogens with one attached hydrogen (secondary N) is 1. The van der Waals surface area contributed by atoms with Gasteiger partial charge in [-0.3, -0.25) is 4.79 Å². The first-order valence-corrected chi connectivity index (χ1v) is 6.78. The molecular formula is C12H20N2O5S. The van der Waals surface area contributed by atoms with Gasteiger partial charge in [-0.1, -0.05) is 0 Å². The maximum Gasteiger partial charge on any atom is 0.408 e. The highest BCUT2D eigenvalue weighted by Gasteiger charge is 2.32. The number of carboxylic acids is 1. The predicted molar refractivity (Wildman–Crippen MR) is 74.8 cm³/mol. The van der Waals surface area contributed by atoms with Gasteiger partial charge in [-0.05, 0) is 20.8 Å². The van der Waals surface area contributed by atoms with Crippen molar-refractivity contribution in [2.24, 2.45) is 0 Å². The highest BCUT2D eigenvalue weighted by atomic mass is 32.1. The van der Waals surface area contributed by atoms with Crippen LogP contribution in [0.25, 0.3) is 0 Å².